The van der Waals surface area contributed by atoms with Gasteiger partial charge in [0.1, 0.15) is 0 Å². The SMILES string of the molecule is CCNC(C1CC1)C1CCC(CC)C1. The topological polar surface area (TPSA) is 12.0 Å². The highest BCUT2D eigenvalue weighted by atomic mass is 14.9. The van der Waals surface area contributed by atoms with Crippen molar-refractivity contribution in [2.75, 3.05) is 6.54 Å². The normalized spacial score (nSPS) is 34.7. The van der Waals surface area contributed by atoms with Crippen molar-refractivity contribution in [3.05, 3.63) is 0 Å². The van der Waals surface area contributed by atoms with Crippen LogP contribution in [-0.2, 0) is 0 Å². The molecule has 0 spiro atoms. The molecule has 0 saturated heterocycles. The van der Waals surface area contributed by atoms with Crippen LogP contribution in [0, 0.1) is 17.8 Å². The molecule has 2 fully saturated rings. The molecular weight excluding hydrogens is 170 g/mol. The minimum atomic E-state index is 0.872. The maximum absolute atomic E-state index is 3.73. The van der Waals surface area contributed by atoms with Gasteiger partial charge in [0, 0.05) is 6.04 Å². The van der Waals surface area contributed by atoms with Gasteiger partial charge in [-0.3, -0.25) is 0 Å². The first-order valence-corrected chi connectivity index (χ1v) is 6.58. The highest BCUT2D eigenvalue weighted by molar-refractivity contribution is 4.93. The highest BCUT2D eigenvalue weighted by Crippen LogP contribution is 2.43. The molecule has 2 aliphatic rings. The number of hydrogen-bond acceptors (Lipinski definition) is 1. The zero-order valence-corrected chi connectivity index (χ0v) is 9.76. The summed E-state index contributed by atoms with van der Waals surface area (Å²) in [6, 6.07) is 0.872. The van der Waals surface area contributed by atoms with Crippen LogP contribution in [0.5, 0.6) is 0 Å². The highest BCUT2D eigenvalue weighted by Gasteiger charge is 2.38. The van der Waals surface area contributed by atoms with Crippen molar-refractivity contribution < 1.29 is 0 Å². The molecule has 0 heterocycles. The van der Waals surface area contributed by atoms with Crippen molar-refractivity contribution in [1.82, 2.24) is 5.32 Å². The molecule has 14 heavy (non-hydrogen) atoms. The minimum Gasteiger partial charge on any atom is -0.314 e. The minimum absolute atomic E-state index is 0.872. The lowest BCUT2D eigenvalue weighted by Gasteiger charge is -2.24. The van der Waals surface area contributed by atoms with E-state index in [9.17, 15) is 0 Å². The third-order valence-corrected chi connectivity index (χ3v) is 4.24. The van der Waals surface area contributed by atoms with Crippen molar-refractivity contribution in [2.45, 2.75) is 58.4 Å². The van der Waals surface area contributed by atoms with Crippen LogP contribution in [0.2, 0.25) is 0 Å². The Kier molecular flexibility index (Phi) is 3.48. The van der Waals surface area contributed by atoms with E-state index in [1.54, 1.807) is 0 Å². The van der Waals surface area contributed by atoms with Crippen LogP contribution in [0.15, 0.2) is 0 Å². The summed E-state index contributed by atoms with van der Waals surface area (Å²) in [6.45, 7) is 5.77. The first kappa shape index (κ1) is 10.5. The van der Waals surface area contributed by atoms with Crippen LogP contribution < -0.4 is 5.32 Å². The molecule has 0 aromatic carbocycles. The molecule has 3 atom stereocenters. The second-order valence-electron chi connectivity index (χ2n) is 5.27. The maximum Gasteiger partial charge on any atom is 0.0124 e. The Labute approximate surface area is 88.7 Å². The van der Waals surface area contributed by atoms with E-state index in [2.05, 4.69) is 19.2 Å². The molecule has 2 saturated carbocycles. The second-order valence-corrected chi connectivity index (χ2v) is 5.27. The predicted molar refractivity (Wildman–Crippen MR) is 61.3 cm³/mol. The lowest BCUT2D eigenvalue weighted by Crippen LogP contribution is -2.37. The van der Waals surface area contributed by atoms with Crippen molar-refractivity contribution in [2.24, 2.45) is 17.8 Å². The van der Waals surface area contributed by atoms with E-state index in [4.69, 9.17) is 0 Å². The van der Waals surface area contributed by atoms with Crippen LogP contribution in [0.1, 0.15) is 52.4 Å². The van der Waals surface area contributed by atoms with Crippen molar-refractivity contribution in [3.63, 3.8) is 0 Å². The average Bonchev–Trinajstić information content (AvgIpc) is 2.92. The molecule has 3 unspecified atom stereocenters. The van der Waals surface area contributed by atoms with E-state index in [1.165, 1.54) is 38.5 Å². The van der Waals surface area contributed by atoms with E-state index >= 15 is 0 Å². The van der Waals surface area contributed by atoms with Crippen LogP contribution in [0.4, 0.5) is 0 Å². The van der Waals surface area contributed by atoms with E-state index in [0.29, 0.717) is 0 Å². The molecule has 2 rings (SSSR count). The summed E-state index contributed by atoms with van der Waals surface area (Å²) in [4.78, 5) is 0. The standard InChI is InChI=1S/C13H25N/c1-3-10-5-6-12(9-10)13(14-4-2)11-7-8-11/h10-14H,3-9H2,1-2H3. The molecule has 2 aliphatic carbocycles. The van der Waals surface area contributed by atoms with E-state index in [0.717, 1.165) is 30.3 Å². The van der Waals surface area contributed by atoms with Crippen molar-refractivity contribution in [3.8, 4) is 0 Å². The molecule has 0 aromatic rings. The Morgan fingerprint density at radius 1 is 1.07 bits per heavy atom. The number of nitrogens with one attached hydrogen (secondary N) is 1. The molecule has 0 amide bonds. The quantitative estimate of drug-likeness (QED) is 0.710. The van der Waals surface area contributed by atoms with Crippen LogP contribution in [0.25, 0.3) is 0 Å². The molecule has 82 valence electrons. The molecule has 1 nitrogen and oxygen atoms in total. The number of hydrogen-bond donors (Lipinski definition) is 1. The third-order valence-electron chi connectivity index (χ3n) is 4.24. The Hall–Kier alpha value is -0.0400. The first-order chi connectivity index (χ1) is 6.85. The van der Waals surface area contributed by atoms with Gasteiger partial charge in [-0.15, -0.1) is 0 Å². The molecular formula is C13H25N. The van der Waals surface area contributed by atoms with Gasteiger partial charge in [0.25, 0.3) is 0 Å². The Morgan fingerprint density at radius 2 is 1.79 bits per heavy atom. The Balaban J connectivity index is 1.85. The summed E-state index contributed by atoms with van der Waals surface area (Å²) in [5, 5.41) is 3.73. The molecule has 1 heteroatoms. The fraction of sp³-hybridized carbons (Fsp3) is 1.00. The lowest BCUT2D eigenvalue weighted by atomic mass is 9.92. The molecule has 0 radical (unpaired) electrons. The summed E-state index contributed by atoms with van der Waals surface area (Å²) in [6.07, 6.45) is 8.88. The summed E-state index contributed by atoms with van der Waals surface area (Å²) >= 11 is 0. The van der Waals surface area contributed by atoms with E-state index < -0.39 is 0 Å². The maximum atomic E-state index is 3.73. The van der Waals surface area contributed by atoms with Crippen LogP contribution in [-0.4, -0.2) is 12.6 Å². The van der Waals surface area contributed by atoms with Gasteiger partial charge in [-0.1, -0.05) is 26.7 Å². The van der Waals surface area contributed by atoms with E-state index in [1.807, 2.05) is 0 Å². The summed E-state index contributed by atoms with van der Waals surface area (Å²) in [7, 11) is 0. The molecule has 0 aromatic heterocycles. The Morgan fingerprint density at radius 3 is 2.29 bits per heavy atom. The Bertz CT molecular complexity index is 174. The number of rotatable bonds is 5. The van der Waals surface area contributed by atoms with Gasteiger partial charge in [-0.25, -0.2) is 0 Å². The van der Waals surface area contributed by atoms with Gasteiger partial charge < -0.3 is 5.32 Å². The third kappa shape index (κ3) is 2.31. The van der Waals surface area contributed by atoms with E-state index in [-0.39, 0.29) is 0 Å². The monoisotopic (exact) mass is 195 g/mol. The van der Waals surface area contributed by atoms with Crippen molar-refractivity contribution >= 4 is 0 Å². The smallest absolute Gasteiger partial charge is 0.0124 e. The largest absolute Gasteiger partial charge is 0.314 e. The summed E-state index contributed by atoms with van der Waals surface area (Å²) in [5.41, 5.74) is 0. The molecule has 0 bridgehead atoms. The summed E-state index contributed by atoms with van der Waals surface area (Å²) in [5.74, 6) is 3.09. The van der Waals surface area contributed by atoms with Crippen molar-refractivity contribution in [1.29, 1.82) is 0 Å². The second kappa shape index (κ2) is 4.65. The lowest BCUT2D eigenvalue weighted by molar-refractivity contribution is 0.320. The zero-order chi connectivity index (χ0) is 9.97. The van der Waals surface area contributed by atoms with Gasteiger partial charge in [0.2, 0.25) is 0 Å². The van der Waals surface area contributed by atoms with Crippen LogP contribution >= 0.6 is 0 Å². The predicted octanol–water partition coefficient (Wildman–Crippen LogP) is 3.20. The van der Waals surface area contributed by atoms with Gasteiger partial charge in [0.15, 0.2) is 0 Å². The summed E-state index contributed by atoms with van der Waals surface area (Å²) < 4.78 is 0. The fourth-order valence-corrected chi connectivity index (χ4v) is 3.22. The van der Waals surface area contributed by atoms with Gasteiger partial charge in [0.05, 0.1) is 0 Å². The zero-order valence-electron chi connectivity index (χ0n) is 9.76. The fourth-order valence-electron chi connectivity index (χ4n) is 3.22. The van der Waals surface area contributed by atoms with Gasteiger partial charge in [-0.05, 0) is 50.0 Å². The molecule has 0 aliphatic heterocycles. The first-order valence-electron chi connectivity index (χ1n) is 6.58. The van der Waals surface area contributed by atoms with Gasteiger partial charge in [-0.2, -0.15) is 0 Å². The van der Waals surface area contributed by atoms with Gasteiger partial charge >= 0.3 is 0 Å². The average molecular weight is 195 g/mol. The van der Waals surface area contributed by atoms with Crippen LogP contribution in [0.3, 0.4) is 0 Å². The molecule has 1 N–H and O–H groups in total.